The Labute approximate surface area is 109 Å². The lowest BCUT2D eigenvalue weighted by atomic mass is 10.2. The molecule has 6 nitrogen and oxygen atoms in total. The number of carbonyl (C=O) groups excluding carboxylic acids is 1. The maximum atomic E-state index is 11.7. The fourth-order valence-corrected chi connectivity index (χ4v) is 3.05. The number of aliphatic carboxylic acids is 1. The first-order valence-electron chi connectivity index (χ1n) is 5.01. The van der Waals surface area contributed by atoms with Crippen LogP contribution in [0.5, 0.6) is 0 Å². The largest absolute Gasteiger partial charge is 0.481 e. The Hall–Kier alpha value is -1.41. The van der Waals surface area contributed by atoms with E-state index in [1.54, 1.807) is 6.92 Å². The van der Waals surface area contributed by atoms with Crippen LogP contribution in [0.25, 0.3) is 0 Å². The van der Waals surface area contributed by atoms with Gasteiger partial charge >= 0.3 is 5.97 Å². The summed E-state index contributed by atoms with van der Waals surface area (Å²) < 4.78 is 22.6. The second-order valence-corrected chi connectivity index (χ2v) is 7.05. The number of rotatable bonds is 5. The van der Waals surface area contributed by atoms with Gasteiger partial charge in [-0.05, 0) is 13.0 Å². The Morgan fingerprint density at radius 3 is 2.56 bits per heavy atom. The molecule has 1 heterocycles. The van der Waals surface area contributed by atoms with Crippen LogP contribution in [0.2, 0.25) is 0 Å². The number of carboxylic acid groups (broad SMARTS) is 1. The highest BCUT2D eigenvalue weighted by molar-refractivity contribution is 7.92. The number of carboxylic acids is 1. The second kappa shape index (κ2) is 5.49. The summed E-state index contributed by atoms with van der Waals surface area (Å²) in [5.41, 5.74) is 0.220. The average Bonchev–Trinajstić information content (AvgIpc) is 2.63. The standard InChI is InChI=1S/C10H13NO5S2/c1-6(3-8(12)13)11-10(14)7-4-9(17-5-7)18(2,15)16/h4-6H,3H2,1-2H3,(H,11,14)(H,12,13). The summed E-state index contributed by atoms with van der Waals surface area (Å²) in [6.07, 6.45) is 0.877. The molecular weight excluding hydrogens is 278 g/mol. The van der Waals surface area contributed by atoms with E-state index in [4.69, 9.17) is 5.11 Å². The van der Waals surface area contributed by atoms with Crippen LogP contribution in [0.4, 0.5) is 0 Å². The molecule has 0 aromatic carbocycles. The van der Waals surface area contributed by atoms with Crippen molar-refractivity contribution in [3.63, 3.8) is 0 Å². The van der Waals surface area contributed by atoms with E-state index >= 15 is 0 Å². The zero-order valence-corrected chi connectivity index (χ0v) is 11.5. The Balaban J connectivity index is 2.74. The van der Waals surface area contributed by atoms with Gasteiger partial charge in [-0.15, -0.1) is 11.3 Å². The van der Waals surface area contributed by atoms with Gasteiger partial charge in [0.05, 0.1) is 12.0 Å². The predicted octanol–water partition coefficient (Wildman–Crippen LogP) is 0.745. The highest BCUT2D eigenvalue weighted by atomic mass is 32.2. The quantitative estimate of drug-likeness (QED) is 0.833. The molecule has 0 bridgehead atoms. The fraction of sp³-hybridized carbons (Fsp3) is 0.400. The van der Waals surface area contributed by atoms with E-state index in [9.17, 15) is 18.0 Å². The zero-order chi connectivity index (χ0) is 13.9. The van der Waals surface area contributed by atoms with Crippen molar-refractivity contribution in [2.45, 2.75) is 23.6 Å². The maximum absolute atomic E-state index is 11.7. The summed E-state index contributed by atoms with van der Waals surface area (Å²) in [5.74, 6) is -1.49. The fourth-order valence-electron chi connectivity index (χ4n) is 1.25. The highest BCUT2D eigenvalue weighted by Crippen LogP contribution is 2.20. The van der Waals surface area contributed by atoms with Crippen molar-refractivity contribution in [3.8, 4) is 0 Å². The second-order valence-electron chi connectivity index (χ2n) is 3.90. The van der Waals surface area contributed by atoms with Crippen LogP contribution in [0.15, 0.2) is 15.7 Å². The third kappa shape index (κ3) is 4.11. The van der Waals surface area contributed by atoms with Crippen molar-refractivity contribution in [3.05, 3.63) is 17.0 Å². The molecule has 1 amide bonds. The number of thiophene rings is 1. The third-order valence-electron chi connectivity index (χ3n) is 2.06. The van der Waals surface area contributed by atoms with E-state index in [0.717, 1.165) is 17.6 Å². The van der Waals surface area contributed by atoms with Crippen LogP contribution >= 0.6 is 11.3 Å². The summed E-state index contributed by atoms with van der Waals surface area (Å²) in [6.45, 7) is 1.57. The van der Waals surface area contributed by atoms with E-state index < -0.39 is 27.8 Å². The minimum absolute atomic E-state index is 0.110. The number of hydrogen-bond acceptors (Lipinski definition) is 5. The molecule has 0 saturated heterocycles. The van der Waals surface area contributed by atoms with Gasteiger partial charge in [-0.3, -0.25) is 9.59 Å². The molecular formula is C10H13NO5S2. The number of carbonyl (C=O) groups is 2. The van der Waals surface area contributed by atoms with Crippen molar-refractivity contribution in [2.24, 2.45) is 0 Å². The molecule has 0 aliphatic carbocycles. The van der Waals surface area contributed by atoms with Crippen LogP contribution in [-0.2, 0) is 14.6 Å². The normalized spacial score (nSPS) is 13.0. The van der Waals surface area contributed by atoms with Crippen molar-refractivity contribution < 1.29 is 23.1 Å². The predicted molar refractivity (Wildman–Crippen MR) is 66.6 cm³/mol. The molecule has 1 rings (SSSR count). The third-order valence-corrected chi connectivity index (χ3v) is 4.83. The summed E-state index contributed by atoms with van der Waals surface area (Å²) in [5, 5.41) is 12.5. The number of hydrogen-bond donors (Lipinski definition) is 2. The van der Waals surface area contributed by atoms with Crippen LogP contribution in [-0.4, -0.2) is 37.7 Å². The van der Waals surface area contributed by atoms with Crippen LogP contribution in [0.1, 0.15) is 23.7 Å². The Bertz CT molecular complexity index is 561. The first-order chi connectivity index (χ1) is 8.20. The molecule has 2 N–H and O–H groups in total. The smallest absolute Gasteiger partial charge is 0.305 e. The molecule has 0 fully saturated rings. The molecule has 100 valence electrons. The molecule has 0 aliphatic rings. The summed E-state index contributed by atoms with van der Waals surface area (Å²) in [4.78, 5) is 22.1. The van der Waals surface area contributed by atoms with Crippen molar-refractivity contribution in [2.75, 3.05) is 6.26 Å². The van der Waals surface area contributed by atoms with Crippen molar-refractivity contribution in [1.82, 2.24) is 5.32 Å². The zero-order valence-electron chi connectivity index (χ0n) is 9.84. The molecule has 1 aromatic heterocycles. The lowest BCUT2D eigenvalue weighted by Gasteiger charge is -2.10. The molecule has 0 aliphatic heterocycles. The number of sulfone groups is 1. The summed E-state index contributed by atoms with van der Waals surface area (Å²) in [7, 11) is -3.32. The van der Waals surface area contributed by atoms with E-state index in [0.29, 0.717) is 0 Å². The van der Waals surface area contributed by atoms with E-state index in [2.05, 4.69) is 5.32 Å². The molecule has 0 saturated carbocycles. The van der Waals surface area contributed by atoms with Gasteiger partial charge < -0.3 is 10.4 Å². The Morgan fingerprint density at radius 2 is 2.11 bits per heavy atom. The lowest BCUT2D eigenvalue weighted by molar-refractivity contribution is -0.137. The molecule has 1 atom stereocenters. The molecule has 1 unspecified atom stereocenters. The molecule has 8 heteroatoms. The summed E-state index contributed by atoms with van der Waals surface area (Å²) in [6, 6.07) is 0.764. The number of amides is 1. The Morgan fingerprint density at radius 1 is 1.50 bits per heavy atom. The first kappa shape index (κ1) is 14.7. The molecule has 18 heavy (non-hydrogen) atoms. The van der Waals surface area contributed by atoms with E-state index in [1.807, 2.05) is 0 Å². The Kier molecular flexibility index (Phi) is 4.47. The van der Waals surface area contributed by atoms with E-state index in [-0.39, 0.29) is 16.2 Å². The average molecular weight is 291 g/mol. The SMILES string of the molecule is CC(CC(=O)O)NC(=O)c1csc(S(C)(=O)=O)c1. The minimum Gasteiger partial charge on any atom is -0.481 e. The van der Waals surface area contributed by atoms with Gasteiger partial charge in [-0.2, -0.15) is 0 Å². The monoisotopic (exact) mass is 291 g/mol. The number of nitrogens with one attached hydrogen (secondary N) is 1. The van der Waals surface area contributed by atoms with Gasteiger partial charge in [0.2, 0.25) is 0 Å². The van der Waals surface area contributed by atoms with Gasteiger partial charge in [0, 0.05) is 17.7 Å². The van der Waals surface area contributed by atoms with Crippen molar-refractivity contribution in [1.29, 1.82) is 0 Å². The summed E-state index contributed by atoms with van der Waals surface area (Å²) >= 11 is 0.961. The molecule has 0 radical (unpaired) electrons. The van der Waals surface area contributed by atoms with Gasteiger partial charge in [0.15, 0.2) is 9.84 Å². The van der Waals surface area contributed by atoms with E-state index in [1.165, 1.54) is 11.4 Å². The topological polar surface area (TPSA) is 101 Å². The maximum Gasteiger partial charge on any atom is 0.305 e. The lowest BCUT2D eigenvalue weighted by Crippen LogP contribution is -2.33. The van der Waals surface area contributed by atoms with Crippen LogP contribution < -0.4 is 5.32 Å². The van der Waals surface area contributed by atoms with Gasteiger partial charge in [0.1, 0.15) is 4.21 Å². The highest BCUT2D eigenvalue weighted by Gasteiger charge is 2.17. The first-order valence-corrected chi connectivity index (χ1v) is 7.78. The van der Waals surface area contributed by atoms with Gasteiger partial charge in [0.25, 0.3) is 5.91 Å². The van der Waals surface area contributed by atoms with Gasteiger partial charge in [-0.25, -0.2) is 8.42 Å². The van der Waals surface area contributed by atoms with Crippen molar-refractivity contribution >= 4 is 33.1 Å². The van der Waals surface area contributed by atoms with Crippen LogP contribution in [0, 0.1) is 0 Å². The van der Waals surface area contributed by atoms with Gasteiger partial charge in [-0.1, -0.05) is 0 Å². The molecule has 1 aromatic rings. The molecule has 0 spiro atoms. The van der Waals surface area contributed by atoms with Crippen LogP contribution in [0.3, 0.4) is 0 Å². The minimum atomic E-state index is -3.32.